The number of aliphatic hydroxyl groups is 1. The Bertz CT molecular complexity index is 2680. The van der Waals surface area contributed by atoms with Crippen molar-refractivity contribution in [2.45, 2.75) is 108 Å². The number of alkyl halides is 8. The van der Waals surface area contributed by atoms with Gasteiger partial charge < -0.3 is 50.9 Å². The fourth-order valence-electron chi connectivity index (χ4n) is 9.00. The molecule has 3 saturated heterocycles. The first-order valence-corrected chi connectivity index (χ1v) is 24.5. The summed E-state index contributed by atoms with van der Waals surface area (Å²) in [6.45, 7) is 1.80. The van der Waals surface area contributed by atoms with Crippen LogP contribution in [0.2, 0.25) is 0 Å². The van der Waals surface area contributed by atoms with Gasteiger partial charge in [-0.25, -0.2) is 19.6 Å². The SMILES string of the molecule is COC(=O)N[C@H](C(=O)N[C@@H](Cc1ccc(C#Cc2ccc(N3C[C@H]4C[C@@H]3CN4C3COC3)nc2)cc1)[C@@H](O)CN(Cc1ccc(C(=N)/C=C\NC(F)F)cc1)NC(=O)[C@@H](NC(=O)OC)C(C)(C)C(F)(F)F)C(C)(C)C(F)(F)F. The molecule has 7 N–H and O–H groups in total. The molecule has 2 aromatic carbocycles. The summed E-state index contributed by atoms with van der Waals surface area (Å²) in [6.07, 6.45) is -10.6. The lowest BCUT2D eigenvalue weighted by atomic mass is 9.82. The maximum atomic E-state index is 14.5. The number of anilines is 1. The number of aliphatic hydroxyl groups excluding tert-OH is 1. The summed E-state index contributed by atoms with van der Waals surface area (Å²) in [5.74, 6) is 4.07. The zero-order valence-corrected chi connectivity index (χ0v) is 43.4. The number of nitrogens with one attached hydrogen (secondary N) is 6. The third-order valence-corrected chi connectivity index (χ3v) is 14.1. The van der Waals surface area contributed by atoms with Crippen LogP contribution in [0.4, 0.5) is 50.5 Å². The predicted molar refractivity (Wildman–Crippen MR) is 268 cm³/mol. The molecular weight excluding hydrogens is 1040 g/mol. The van der Waals surface area contributed by atoms with E-state index in [4.69, 9.17) is 10.1 Å². The van der Waals surface area contributed by atoms with Gasteiger partial charge in [-0.3, -0.25) is 19.9 Å². The Hall–Kier alpha value is -7.08. The Kier molecular flexibility index (Phi) is 19.4. The number of benzene rings is 2. The van der Waals surface area contributed by atoms with Gasteiger partial charge in [0.1, 0.15) is 17.9 Å². The highest BCUT2D eigenvalue weighted by Gasteiger charge is 2.57. The van der Waals surface area contributed by atoms with E-state index in [0.29, 0.717) is 62.5 Å². The highest BCUT2D eigenvalue weighted by molar-refractivity contribution is 6.06. The number of amides is 4. The number of rotatable bonds is 21. The zero-order chi connectivity index (χ0) is 57.3. The number of aromatic nitrogens is 1. The molecule has 4 heterocycles. The number of hydrazine groups is 1. The van der Waals surface area contributed by atoms with Crippen molar-refractivity contribution in [3.63, 3.8) is 0 Å². The van der Waals surface area contributed by atoms with Crippen molar-refractivity contribution >= 4 is 35.5 Å². The number of piperazine rings is 1. The third-order valence-electron chi connectivity index (χ3n) is 14.1. The smallest absolute Gasteiger partial charge is 0.407 e. The van der Waals surface area contributed by atoms with E-state index in [1.54, 1.807) is 35.8 Å². The van der Waals surface area contributed by atoms with E-state index in [9.17, 15) is 59.4 Å². The predicted octanol–water partition coefficient (Wildman–Crippen LogP) is 5.38. The molecule has 6 rings (SSSR count). The van der Waals surface area contributed by atoms with E-state index in [0.717, 1.165) is 70.0 Å². The summed E-state index contributed by atoms with van der Waals surface area (Å²) in [7, 11) is 1.72. The fraction of sp³-hybridized carbons (Fsp3) is 0.500. The van der Waals surface area contributed by atoms with Crippen LogP contribution in [-0.2, 0) is 36.8 Å². The van der Waals surface area contributed by atoms with E-state index in [1.807, 2.05) is 22.8 Å². The second-order valence-corrected chi connectivity index (χ2v) is 20.2. The topological polar surface area (TPSA) is 223 Å². The van der Waals surface area contributed by atoms with Gasteiger partial charge in [0.15, 0.2) is 0 Å². The number of halogens is 8. The number of carbonyl (C=O) groups is 4. The summed E-state index contributed by atoms with van der Waals surface area (Å²) in [4.78, 5) is 62.3. The number of carbonyl (C=O) groups excluding carboxylic acids is 4. The van der Waals surface area contributed by atoms with E-state index >= 15 is 0 Å². The van der Waals surface area contributed by atoms with E-state index in [-0.39, 0.29) is 23.3 Å². The highest BCUT2D eigenvalue weighted by atomic mass is 19.4. The molecule has 26 heteroatoms. The minimum atomic E-state index is -5.11. The Morgan fingerprint density at radius 2 is 1.36 bits per heavy atom. The van der Waals surface area contributed by atoms with Crippen molar-refractivity contribution in [2.24, 2.45) is 10.8 Å². The quantitative estimate of drug-likeness (QED) is 0.0234. The lowest BCUT2D eigenvalue weighted by molar-refractivity contribution is -0.221. The first-order chi connectivity index (χ1) is 36.6. The minimum Gasteiger partial charge on any atom is -0.453 e. The molecule has 0 unspecified atom stereocenters. The summed E-state index contributed by atoms with van der Waals surface area (Å²) in [5.41, 5.74) is -1.84. The van der Waals surface area contributed by atoms with Crippen LogP contribution in [-0.4, -0.2) is 158 Å². The van der Waals surface area contributed by atoms with Crippen molar-refractivity contribution in [1.29, 1.82) is 5.41 Å². The van der Waals surface area contributed by atoms with Crippen LogP contribution in [0.1, 0.15) is 61.9 Å². The number of ether oxygens (including phenoxy) is 3. The summed E-state index contributed by atoms with van der Waals surface area (Å²) < 4.78 is 127. The molecule has 3 aliphatic heterocycles. The van der Waals surface area contributed by atoms with Crippen molar-refractivity contribution in [2.75, 3.05) is 52.0 Å². The normalized spacial score (nSPS) is 18.6. The van der Waals surface area contributed by atoms with Crippen molar-refractivity contribution in [1.82, 2.24) is 41.6 Å². The van der Waals surface area contributed by atoms with Crippen LogP contribution < -0.4 is 31.6 Å². The molecule has 3 aromatic rings. The number of allylic oxidation sites excluding steroid dienone is 1. The molecule has 6 atom stereocenters. The van der Waals surface area contributed by atoms with Gasteiger partial charge in [-0.05, 0) is 87.6 Å². The van der Waals surface area contributed by atoms with Crippen molar-refractivity contribution in [3.8, 4) is 11.8 Å². The maximum absolute atomic E-state index is 14.5. The zero-order valence-electron chi connectivity index (χ0n) is 43.4. The molecule has 1 aromatic heterocycles. The molecule has 3 aliphatic rings. The van der Waals surface area contributed by atoms with Crippen LogP contribution in [0.25, 0.3) is 0 Å². The lowest BCUT2D eigenvalue weighted by Crippen LogP contribution is -2.63. The minimum absolute atomic E-state index is 0.215. The summed E-state index contributed by atoms with van der Waals surface area (Å²) in [6, 6.07) is 10.7. The molecule has 0 aliphatic carbocycles. The monoisotopic (exact) mass is 1110 g/mol. The average Bonchev–Trinajstić information content (AvgIpc) is 4.08. The van der Waals surface area contributed by atoms with Gasteiger partial charge in [-0.1, -0.05) is 48.2 Å². The number of nitrogens with zero attached hydrogens (tertiary/aromatic N) is 4. The number of methoxy groups -OCH3 is 2. The molecule has 0 radical (unpaired) electrons. The number of pyridine rings is 1. The van der Waals surface area contributed by atoms with Crippen LogP contribution >= 0.6 is 0 Å². The average molecular weight is 1110 g/mol. The number of alkyl carbamates (subject to hydrolysis) is 2. The van der Waals surface area contributed by atoms with Gasteiger partial charge >= 0.3 is 31.1 Å². The number of hydrogen-bond donors (Lipinski definition) is 7. The second kappa shape index (κ2) is 25.1. The van der Waals surface area contributed by atoms with Gasteiger partial charge in [0.2, 0.25) is 5.91 Å². The van der Waals surface area contributed by atoms with E-state index in [2.05, 4.69) is 46.8 Å². The molecule has 3 fully saturated rings. The first kappa shape index (κ1) is 60.2. The maximum Gasteiger partial charge on any atom is 0.407 e. The fourth-order valence-corrected chi connectivity index (χ4v) is 9.00. The number of hydrogen-bond acceptors (Lipinski definition) is 14. The largest absolute Gasteiger partial charge is 0.453 e. The third kappa shape index (κ3) is 14.9. The number of likely N-dealkylation sites (tertiary alicyclic amines) is 1. The Morgan fingerprint density at radius 1 is 0.795 bits per heavy atom. The summed E-state index contributed by atoms with van der Waals surface area (Å²) >= 11 is 0. The van der Waals surface area contributed by atoms with Gasteiger partial charge in [-0.15, -0.1) is 0 Å². The Labute approximate surface area is 445 Å². The number of fused-ring (bicyclic) bond motifs is 2. The highest BCUT2D eigenvalue weighted by Crippen LogP contribution is 2.42. The Morgan fingerprint density at radius 3 is 1.86 bits per heavy atom. The van der Waals surface area contributed by atoms with Gasteiger partial charge in [0, 0.05) is 61.8 Å². The van der Waals surface area contributed by atoms with E-state index < -0.39 is 91.1 Å². The summed E-state index contributed by atoms with van der Waals surface area (Å²) in [5, 5.41) is 29.2. The molecule has 0 saturated carbocycles. The van der Waals surface area contributed by atoms with Crippen molar-refractivity contribution < 1.29 is 73.6 Å². The van der Waals surface area contributed by atoms with Crippen LogP contribution in [0.15, 0.2) is 79.1 Å². The van der Waals surface area contributed by atoms with Crippen molar-refractivity contribution in [3.05, 3.63) is 107 Å². The van der Waals surface area contributed by atoms with Gasteiger partial charge in [0.25, 0.3) is 5.91 Å². The van der Waals surface area contributed by atoms with Crippen LogP contribution in [0, 0.1) is 28.1 Å². The van der Waals surface area contributed by atoms with Crippen LogP contribution in [0.5, 0.6) is 0 Å². The van der Waals surface area contributed by atoms with Gasteiger partial charge in [0.05, 0.1) is 62.2 Å². The molecule has 424 valence electrons. The lowest BCUT2D eigenvalue weighted by Gasteiger charge is -2.42. The molecule has 2 bridgehead atoms. The van der Waals surface area contributed by atoms with Crippen LogP contribution in [0.3, 0.4) is 0 Å². The molecule has 4 amide bonds. The Balaban J connectivity index is 1.28. The standard InChI is InChI=1S/C52H62F8N10O8/c1-49(2,51(55,56)57)42(65-47(74)76-5)44(72)64-39(21-31-10-7-30(8-11-31)9-12-32-15-18-41(63-23-32)70-26-35-22-36(70)25-69(35)37-28-78-29-37)40(71)27-68(24-33-13-16-34(17-14-33)38(61)19-20-62-46(53)54)67-45(73)43(66-48(75)77-6)50(3,4)52(58,59)60/h7-8,10-11,13-20,23,35-37,39-40,42-43,46,61-62,71H,21-22,24-29H2,1-6H3,(H,64,72)(H,65,74)(H,66,75)(H,67,73)/b20-19-,61-38?/t35-,36-,39+,40+,42-,43-/m1/s1. The molecule has 78 heavy (non-hydrogen) atoms. The first-order valence-electron chi connectivity index (χ1n) is 24.5. The second-order valence-electron chi connectivity index (χ2n) is 20.2. The van der Waals surface area contributed by atoms with Gasteiger partial charge in [-0.2, -0.15) is 35.1 Å². The molecule has 18 nitrogen and oxygen atoms in total. The molecule has 0 spiro atoms. The van der Waals surface area contributed by atoms with E-state index in [1.165, 1.54) is 24.3 Å². The molecular formula is C52H62F8N10O8.